The van der Waals surface area contributed by atoms with Gasteiger partial charge in [-0.3, -0.25) is 5.10 Å². The molecule has 0 aromatic carbocycles. The van der Waals surface area contributed by atoms with Crippen LogP contribution in [0.4, 0.5) is 0 Å². The van der Waals surface area contributed by atoms with Crippen LogP contribution in [0.5, 0.6) is 0 Å². The van der Waals surface area contributed by atoms with E-state index in [0.29, 0.717) is 0 Å². The van der Waals surface area contributed by atoms with Gasteiger partial charge in [-0.15, -0.1) is 0 Å². The number of H-pyrrole nitrogens is 1. The zero-order valence-electron chi connectivity index (χ0n) is 12.1. The Balaban J connectivity index is 0.000000240. The van der Waals surface area contributed by atoms with Crippen LogP contribution in [-0.4, -0.2) is 38.0 Å². The standard InChI is InChI=1S/C8H12N2O3.C5H8N2/c1-5-4-9-10-8(5,2)3-6(11)7(12)13;1-4-3-6-7-5(4)2/h4,6,11H,3H2,1-2H3,(H,12,13);3H,1-2H3,(H,6,7). The molecule has 0 amide bonds. The summed E-state index contributed by atoms with van der Waals surface area (Å²) in [6.45, 7) is 7.59. The summed E-state index contributed by atoms with van der Waals surface area (Å²) in [5.74, 6) is -1.23. The van der Waals surface area contributed by atoms with E-state index in [1.807, 2.05) is 27.0 Å². The van der Waals surface area contributed by atoms with E-state index in [0.717, 1.165) is 11.3 Å². The molecule has 20 heavy (non-hydrogen) atoms. The van der Waals surface area contributed by atoms with Crippen LogP contribution in [-0.2, 0) is 4.79 Å². The van der Waals surface area contributed by atoms with E-state index in [1.54, 1.807) is 13.1 Å². The summed E-state index contributed by atoms with van der Waals surface area (Å²) in [5, 5.41) is 31.8. The van der Waals surface area contributed by atoms with Gasteiger partial charge < -0.3 is 10.2 Å². The molecule has 0 bridgehead atoms. The molecule has 110 valence electrons. The van der Waals surface area contributed by atoms with Crippen molar-refractivity contribution in [3.63, 3.8) is 0 Å². The number of hydrogen-bond acceptors (Lipinski definition) is 5. The van der Waals surface area contributed by atoms with E-state index in [4.69, 9.17) is 10.2 Å². The molecule has 0 spiro atoms. The van der Waals surface area contributed by atoms with Gasteiger partial charge in [-0.2, -0.15) is 15.3 Å². The lowest BCUT2D eigenvalue weighted by Gasteiger charge is -2.22. The van der Waals surface area contributed by atoms with Gasteiger partial charge in [0.15, 0.2) is 6.10 Å². The number of nitrogens with one attached hydrogen (secondary N) is 1. The Morgan fingerprint density at radius 2 is 2.10 bits per heavy atom. The summed E-state index contributed by atoms with van der Waals surface area (Å²) in [4.78, 5) is 10.4. The van der Waals surface area contributed by atoms with Gasteiger partial charge in [0.05, 0.1) is 12.4 Å². The van der Waals surface area contributed by atoms with E-state index in [2.05, 4.69) is 20.4 Å². The smallest absolute Gasteiger partial charge is 0.332 e. The molecular formula is C13H20N4O3. The zero-order valence-corrected chi connectivity index (χ0v) is 12.1. The van der Waals surface area contributed by atoms with Gasteiger partial charge in [0.25, 0.3) is 0 Å². The third-order valence-corrected chi connectivity index (χ3v) is 3.34. The average Bonchev–Trinajstić information content (AvgIpc) is 2.88. The van der Waals surface area contributed by atoms with Crippen LogP contribution >= 0.6 is 0 Å². The van der Waals surface area contributed by atoms with Crippen molar-refractivity contribution in [3.8, 4) is 0 Å². The molecule has 0 saturated carbocycles. The molecular weight excluding hydrogens is 260 g/mol. The lowest BCUT2D eigenvalue weighted by atomic mass is 9.89. The number of aliphatic hydroxyl groups is 1. The summed E-state index contributed by atoms with van der Waals surface area (Å²) < 4.78 is 0. The van der Waals surface area contributed by atoms with E-state index in [-0.39, 0.29) is 6.42 Å². The average molecular weight is 280 g/mol. The number of rotatable bonds is 3. The summed E-state index contributed by atoms with van der Waals surface area (Å²) in [5.41, 5.74) is 2.59. The van der Waals surface area contributed by atoms with Crippen molar-refractivity contribution in [2.75, 3.05) is 0 Å². The topological polar surface area (TPSA) is 111 Å². The van der Waals surface area contributed by atoms with Gasteiger partial charge in [0, 0.05) is 12.1 Å². The van der Waals surface area contributed by atoms with Gasteiger partial charge in [-0.25, -0.2) is 4.79 Å². The number of aryl methyl sites for hydroxylation is 2. The minimum atomic E-state index is -1.38. The van der Waals surface area contributed by atoms with Crippen LogP contribution in [0.1, 0.15) is 31.5 Å². The van der Waals surface area contributed by atoms with E-state index < -0.39 is 17.6 Å². The van der Waals surface area contributed by atoms with Crippen molar-refractivity contribution in [2.45, 2.75) is 45.8 Å². The lowest BCUT2D eigenvalue weighted by molar-refractivity contribution is -0.147. The molecule has 2 atom stereocenters. The van der Waals surface area contributed by atoms with Crippen LogP contribution < -0.4 is 0 Å². The van der Waals surface area contributed by atoms with E-state index >= 15 is 0 Å². The monoisotopic (exact) mass is 280 g/mol. The second-order valence-corrected chi connectivity index (χ2v) is 5.04. The van der Waals surface area contributed by atoms with Crippen molar-refractivity contribution in [2.24, 2.45) is 10.2 Å². The third-order valence-electron chi connectivity index (χ3n) is 3.34. The first-order chi connectivity index (χ1) is 9.26. The second kappa shape index (κ2) is 6.42. The summed E-state index contributed by atoms with van der Waals surface area (Å²) in [6.07, 6.45) is 2.07. The summed E-state index contributed by atoms with van der Waals surface area (Å²) in [7, 11) is 0. The molecule has 0 aliphatic carbocycles. The number of aliphatic carboxylic acids is 1. The third kappa shape index (κ3) is 3.99. The highest BCUT2D eigenvalue weighted by atomic mass is 16.4. The minimum Gasteiger partial charge on any atom is -0.479 e. The van der Waals surface area contributed by atoms with Crippen molar-refractivity contribution in [1.29, 1.82) is 0 Å². The Bertz CT molecular complexity index is 519. The molecule has 2 heterocycles. The molecule has 7 heteroatoms. The molecule has 1 aromatic rings. The van der Waals surface area contributed by atoms with Crippen molar-refractivity contribution < 1.29 is 15.0 Å². The van der Waals surface area contributed by atoms with E-state index in [1.165, 1.54) is 5.56 Å². The quantitative estimate of drug-likeness (QED) is 0.786. The molecule has 0 fully saturated rings. The second-order valence-electron chi connectivity index (χ2n) is 5.04. The fourth-order valence-corrected chi connectivity index (χ4v) is 1.54. The van der Waals surface area contributed by atoms with E-state index in [9.17, 15) is 4.79 Å². The largest absolute Gasteiger partial charge is 0.479 e. The molecule has 1 aliphatic rings. The van der Waals surface area contributed by atoms with Crippen molar-refractivity contribution >= 4 is 5.97 Å². The fraction of sp³-hybridized carbons (Fsp3) is 0.538. The number of hydrogen-bond donors (Lipinski definition) is 3. The predicted molar refractivity (Wildman–Crippen MR) is 73.3 cm³/mol. The highest BCUT2D eigenvalue weighted by molar-refractivity contribution is 5.72. The Hall–Kier alpha value is -2.02. The molecule has 3 N–H and O–H groups in total. The first-order valence-electron chi connectivity index (χ1n) is 6.23. The molecule has 0 radical (unpaired) electrons. The Morgan fingerprint density at radius 1 is 1.45 bits per heavy atom. The van der Waals surface area contributed by atoms with Gasteiger partial charge in [-0.05, 0) is 38.8 Å². The number of aliphatic hydroxyl groups excluding tert-OH is 1. The maximum atomic E-state index is 10.4. The fourth-order valence-electron chi connectivity index (χ4n) is 1.54. The number of carboxylic acids is 1. The summed E-state index contributed by atoms with van der Waals surface area (Å²) >= 11 is 0. The number of nitrogens with zero attached hydrogens (tertiary/aromatic N) is 3. The van der Waals surface area contributed by atoms with Gasteiger partial charge in [-0.1, -0.05) is 0 Å². The van der Waals surface area contributed by atoms with Crippen LogP contribution in [0.2, 0.25) is 0 Å². The predicted octanol–water partition coefficient (Wildman–Crippen LogP) is 1.98. The zero-order chi connectivity index (χ0) is 15.3. The number of aromatic nitrogens is 2. The van der Waals surface area contributed by atoms with Crippen molar-refractivity contribution in [1.82, 2.24) is 10.2 Å². The van der Waals surface area contributed by atoms with Crippen LogP contribution in [0.3, 0.4) is 0 Å². The first kappa shape index (κ1) is 16.0. The summed E-state index contributed by atoms with van der Waals surface area (Å²) in [6, 6.07) is 0. The molecule has 1 aromatic heterocycles. The molecule has 7 nitrogen and oxygen atoms in total. The maximum absolute atomic E-state index is 10.4. The Labute approximate surface area is 117 Å². The molecule has 1 aliphatic heterocycles. The van der Waals surface area contributed by atoms with Crippen molar-refractivity contribution in [3.05, 3.63) is 29.2 Å². The minimum absolute atomic E-state index is 0.0637. The first-order valence-corrected chi connectivity index (χ1v) is 6.23. The Kier molecular flexibility index (Phi) is 5.15. The number of azo groups is 1. The van der Waals surface area contributed by atoms with Gasteiger partial charge in [0.1, 0.15) is 5.54 Å². The highest BCUT2D eigenvalue weighted by Crippen LogP contribution is 2.31. The van der Waals surface area contributed by atoms with Crippen LogP contribution in [0, 0.1) is 13.8 Å². The normalized spacial score (nSPS) is 21.9. The number of aromatic amines is 1. The van der Waals surface area contributed by atoms with Gasteiger partial charge >= 0.3 is 5.97 Å². The molecule has 2 rings (SSSR count). The Morgan fingerprint density at radius 3 is 2.40 bits per heavy atom. The maximum Gasteiger partial charge on any atom is 0.332 e. The highest BCUT2D eigenvalue weighted by Gasteiger charge is 2.34. The van der Waals surface area contributed by atoms with Gasteiger partial charge in [0.2, 0.25) is 0 Å². The number of carbonyl (C=O) groups is 1. The molecule has 2 unspecified atom stereocenters. The lowest BCUT2D eigenvalue weighted by Crippen LogP contribution is -2.32. The number of carboxylic acid groups (broad SMARTS) is 1. The van der Waals surface area contributed by atoms with Crippen LogP contribution in [0.25, 0.3) is 0 Å². The SMILES string of the molecule is CC1=CN=NC1(C)CC(O)C(=O)O.Cc1cn[nH]c1C. The van der Waals surface area contributed by atoms with Crippen LogP contribution in [0.15, 0.2) is 28.2 Å². The molecule has 0 saturated heterocycles.